The largest absolute Gasteiger partial charge is 0.462 e. The number of nitrogens with two attached hydrogens (primary N) is 1. The summed E-state index contributed by atoms with van der Waals surface area (Å²) in [4.78, 5) is 12.1. The molecular weight excluding hydrogens is 284 g/mol. The third-order valence-corrected chi connectivity index (χ3v) is 4.95. The van der Waals surface area contributed by atoms with Crippen molar-refractivity contribution in [1.82, 2.24) is 0 Å². The van der Waals surface area contributed by atoms with Crippen molar-refractivity contribution in [3.05, 3.63) is 23.8 Å². The van der Waals surface area contributed by atoms with Gasteiger partial charge in [0.2, 0.25) is 0 Å². The van der Waals surface area contributed by atoms with Gasteiger partial charge in [-0.25, -0.2) is 4.79 Å². The minimum Gasteiger partial charge on any atom is -0.462 e. The zero-order valence-electron chi connectivity index (χ0n) is 12.7. The summed E-state index contributed by atoms with van der Waals surface area (Å²) in [7, 11) is 0. The first-order chi connectivity index (χ1) is 10.1. The second-order valence-electron chi connectivity index (χ2n) is 5.39. The lowest BCUT2D eigenvalue weighted by Crippen LogP contribution is -2.29. The van der Waals surface area contributed by atoms with E-state index in [0.29, 0.717) is 29.1 Å². The average molecular weight is 308 g/mol. The predicted octanol–water partition coefficient (Wildman–Crippen LogP) is 3.53. The molecule has 0 aliphatic heterocycles. The van der Waals surface area contributed by atoms with Crippen molar-refractivity contribution >= 4 is 29.1 Å². The summed E-state index contributed by atoms with van der Waals surface area (Å²) < 4.78 is 5.12. The predicted molar refractivity (Wildman–Crippen MR) is 90.0 cm³/mol. The fraction of sp³-hybridized carbons (Fsp3) is 0.562. The summed E-state index contributed by atoms with van der Waals surface area (Å²) in [6.07, 6.45) is 6.95. The van der Waals surface area contributed by atoms with Gasteiger partial charge in [0, 0.05) is 22.7 Å². The summed E-state index contributed by atoms with van der Waals surface area (Å²) in [5, 5.41) is 4.22. The first-order valence-corrected chi connectivity index (χ1v) is 8.78. The number of carbonyl (C=O) groups is 1. The molecule has 0 radical (unpaired) electrons. The van der Waals surface area contributed by atoms with Gasteiger partial charge >= 0.3 is 5.97 Å². The fourth-order valence-corrected chi connectivity index (χ4v) is 3.60. The molecule has 2 rings (SSSR count). The first-order valence-electron chi connectivity index (χ1n) is 7.50. The van der Waals surface area contributed by atoms with Crippen LogP contribution in [-0.2, 0) is 4.74 Å². The average Bonchev–Trinajstić information content (AvgIpc) is 2.49. The Hall–Kier alpha value is -1.36. The van der Waals surface area contributed by atoms with Crippen LogP contribution in [0.3, 0.4) is 0 Å². The zero-order chi connectivity index (χ0) is 15.2. The van der Waals surface area contributed by atoms with Crippen molar-refractivity contribution < 1.29 is 9.53 Å². The SMILES string of the molecule is CCOC(=O)c1cc(N)ccc1NC1CCCC(SC)C1. The van der Waals surface area contributed by atoms with Gasteiger partial charge in [-0.05, 0) is 50.6 Å². The molecule has 0 amide bonds. The molecule has 2 atom stereocenters. The Bertz CT molecular complexity index is 493. The van der Waals surface area contributed by atoms with Crippen LogP contribution in [0.1, 0.15) is 43.0 Å². The highest BCUT2D eigenvalue weighted by Crippen LogP contribution is 2.30. The number of anilines is 2. The van der Waals surface area contributed by atoms with Crippen molar-refractivity contribution in [2.45, 2.75) is 43.9 Å². The van der Waals surface area contributed by atoms with Gasteiger partial charge in [0.1, 0.15) is 0 Å². The number of benzene rings is 1. The molecule has 3 N–H and O–H groups in total. The third kappa shape index (κ3) is 4.30. The van der Waals surface area contributed by atoms with Crippen LogP contribution in [0.25, 0.3) is 0 Å². The van der Waals surface area contributed by atoms with Crippen molar-refractivity contribution in [2.24, 2.45) is 0 Å². The van der Waals surface area contributed by atoms with Crippen LogP contribution in [0.4, 0.5) is 11.4 Å². The molecule has 0 aromatic heterocycles. The molecule has 4 nitrogen and oxygen atoms in total. The minimum atomic E-state index is -0.315. The lowest BCUT2D eigenvalue weighted by atomic mass is 9.94. The molecule has 116 valence electrons. The summed E-state index contributed by atoms with van der Waals surface area (Å²) in [6, 6.07) is 5.80. The second-order valence-corrected chi connectivity index (χ2v) is 6.53. The summed E-state index contributed by atoms with van der Waals surface area (Å²) in [5.74, 6) is -0.315. The molecule has 0 bridgehead atoms. The lowest BCUT2D eigenvalue weighted by molar-refractivity contribution is 0.0527. The van der Waals surface area contributed by atoms with E-state index >= 15 is 0 Å². The maximum absolute atomic E-state index is 12.1. The summed E-state index contributed by atoms with van der Waals surface area (Å²) in [5.41, 5.74) is 7.74. The van der Waals surface area contributed by atoms with E-state index in [1.807, 2.05) is 30.8 Å². The monoisotopic (exact) mass is 308 g/mol. The number of thioether (sulfide) groups is 1. The van der Waals surface area contributed by atoms with Crippen LogP contribution in [0.15, 0.2) is 18.2 Å². The Morgan fingerprint density at radius 3 is 3.00 bits per heavy atom. The van der Waals surface area contributed by atoms with Crippen LogP contribution >= 0.6 is 11.8 Å². The number of carbonyl (C=O) groups excluding carboxylic acids is 1. The van der Waals surface area contributed by atoms with Crippen molar-refractivity contribution in [2.75, 3.05) is 23.9 Å². The highest BCUT2D eigenvalue weighted by atomic mass is 32.2. The number of esters is 1. The topological polar surface area (TPSA) is 64.3 Å². The van der Waals surface area contributed by atoms with Gasteiger partial charge in [0.15, 0.2) is 0 Å². The van der Waals surface area contributed by atoms with Gasteiger partial charge in [-0.1, -0.05) is 6.42 Å². The first kappa shape index (κ1) is 16.0. The molecule has 0 spiro atoms. The van der Waals surface area contributed by atoms with E-state index in [9.17, 15) is 4.79 Å². The second kappa shape index (κ2) is 7.59. The van der Waals surface area contributed by atoms with Crippen LogP contribution in [0, 0.1) is 0 Å². The van der Waals surface area contributed by atoms with Crippen LogP contribution in [-0.4, -0.2) is 30.1 Å². The Balaban J connectivity index is 2.13. The van der Waals surface area contributed by atoms with Crippen molar-refractivity contribution in [3.8, 4) is 0 Å². The van der Waals surface area contributed by atoms with E-state index in [1.165, 1.54) is 12.8 Å². The number of hydrogen-bond acceptors (Lipinski definition) is 5. The van der Waals surface area contributed by atoms with Crippen molar-refractivity contribution in [1.29, 1.82) is 0 Å². The summed E-state index contributed by atoms with van der Waals surface area (Å²) in [6.45, 7) is 2.17. The van der Waals surface area contributed by atoms with E-state index in [4.69, 9.17) is 10.5 Å². The molecule has 1 aliphatic carbocycles. The Morgan fingerprint density at radius 2 is 2.29 bits per heavy atom. The number of nitrogen functional groups attached to an aromatic ring is 1. The summed E-state index contributed by atoms with van der Waals surface area (Å²) >= 11 is 1.93. The van der Waals surface area contributed by atoms with E-state index in [0.717, 1.165) is 18.5 Å². The molecule has 5 heteroatoms. The van der Waals surface area contributed by atoms with Crippen LogP contribution < -0.4 is 11.1 Å². The van der Waals surface area contributed by atoms with Gasteiger partial charge in [-0.2, -0.15) is 11.8 Å². The van der Waals surface area contributed by atoms with E-state index in [-0.39, 0.29) is 5.97 Å². The smallest absolute Gasteiger partial charge is 0.340 e. The zero-order valence-corrected chi connectivity index (χ0v) is 13.5. The number of nitrogens with one attached hydrogen (secondary N) is 1. The highest BCUT2D eigenvalue weighted by molar-refractivity contribution is 7.99. The van der Waals surface area contributed by atoms with Gasteiger partial charge < -0.3 is 15.8 Å². The molecule has 2 unspecified atom stereocenters. The molecule has 0 saturated heterocycles. The van der Waals surface area contributed by atoms with Crippen LogP contribution in [0.2, 0.25) is 0 Å². The molecular formula is C16H24N2O2S. The van der Waals surface area contributed by atoms with Gasteiger partial charge in [-0.15, -0.1) is 0 Å². The molecule has 1 saturated carbocycles. The highest BCUT2D eigenvalue weighted by Gasteiger charge is 2.23. The van der Waals surface area contributed by atoms with E-state index < -0.39 is 0 Å². The quantitative estimate of drug-likeness (QED) is 0.643. The molecule has 1 aliphatic rings. The third-order valence-electron chi connectivity index (χ3n) is 3.86. The van der Waals surface area contributed by atoms with E-state index in [1.54, 1.807) is 6.07 Å². The molecule has 0 heterocycles. The number of hydrogen-bond donors (Lipinski definition) is 2. The molecule has 21 heavy (non-hydrogen) atoms. The fourth-order valence-electron chi connectivity index (χ4n) is 2.78. The van der Waals surface area contributed by atoms with Gasteiger partial charge in [-0.3, -0.25) is 0 Å². The van der Waals surface area contributed by atoms with Gasteiger partial charge in [0.25, 0.3) is 0 Å². The molecule has 1 fully saturated rings. The Labute approximate surface area is 130 Å². The Kier molecular flexibility index (Phi) is 5.79. The maximum atomic E-state index is 12.1. The Morgan fingerprint density at radius 1 is 1.48 bits per heavy atom. The van der Waals surface area contributed by atoms with Crippen LogP contribution in [0.5, 0.6) is 0 Å². The van der Waals surface area contributed by atoms with Crippen molar-refractivity contribution in [3.63, 3.8) is 0 Å². The standard InChI is InChI=1S/C16H24N2O2S/c1-3-20-16(19)14-9-11(17)7-8-15(14)18-12-5-4-6-13(10-12)21-2/h7-9,12-13,18H,3-6,10,17H2,1-2H3. The minimum absolute atomic E-state index is 0.315. The van der Waals surface area contributed by atoms with E-state index in [2.05, 4.69) is 11.6 Å². The van der Waals surface area contributed by atoms with Gasteiger partial charge in [0.05, 0.1) is 12.2 Å². The normalized spacial score (nSPS) is 21.8. The molecule has 1 aromatic rings. The maximum Gasteiger partial charge on any atom is 0.340 e. The lowest BCUT2D eigenvalue weighted by Gasteiger charge is -2.30. The number of ether oxygens (including phenoxy) is 1. The number of rotatable bonds is 5. The molecule has 1 aromatic carbocycles.